The van der Waals surface area contributed by atoms with E-state index in [0.717, 1.165) is 11.5 Å². The van der Waals surface area contributed by atoms with E-state index in [9.17, 15) is 0 Å². The summed E-state index contributed by atoms with van der Waals surface area (Å²) in [6.45, 7) is 4.55. The highest BCUT2D eigenvalue weighted by atomic mass is 14.2. The van der Waals surface area contributed by atoms with Crippen LogP contribution in [0.4, 0.5) is 0 Å². The molecule has 0 heterocycles. The predicted molar refractivity (Wildman–Crippen MR) is 128 cm³/mol. The van der Waals surface area contributed by atoms with Crippen LogP contribution in [-0.4, -0.2) is 0 Å². The molecule has 1 fully saturated rings. The molecule has 1 aliphatic rings. The fourth-order valence-electron chi connectivity index (χ4n) is 4.16. The highest BCUT2D eigenvalue weighted by molar-refractivity contribution is 5.39. The van der Waals surface area contributed by atoms with Crippen molar-refractivity contribution in [3.8, 4) is 23.7 Å². The molecule has 2 rings (SSSR count). The van der Waals surface area contributed by atoms with Crippen molar-refractivity contribution >= 4 is 0 Å². The molecule has 156 valence electrons. The third-order valence-corrected chi connectivity index (χ3v) is 6.09. The molecule has 29 heavy (non-hydrogen) atoms. The third-order valence-electron chi connectivity index (χ3n) is 6.09. The van der Waals surface area contributed by atoms with Crippen molar-refractivity contribution in [3.05, 3.63) is 47.5 Å². The average Bonchev–Trinajstić information content (AvgIpc) is 2.76. The molecule has 0 amide bonds. The summed E-state index contributed by atoms with van der Waals surface area (Å²) < 4.78 is 0. The summed E-state index contributed by atoms with van der Waals surface area (Å²) in [5.41, 5.74) is 2.51. The molecule has 0 N–H and O–H groups in total. The molecular weight excluding hydrogens is 348 g/mol. The first kappa shape index (κ1) is 23.4. The van der Waals surface area contributed by atoms with Crippen LogP contribution in [0.15, 0.2) is 36.4 Å². The van der Waals surface area contributed by atoms with Crippen molar-refractivity contribution in [2.45, 2.75) is 97.3 Å². The lowest BCUT2D eigenvalue weighted by molar-refractivity contribution is 0.294. The molecule has 1 aromatic carbocycles. The van der Waals surface area contributed by atoms with Gasteiger partial charge in [-0.2, -0.15) is 0 Å². The molecule has 1 aromatic rings. The maximum Gasteiger partial charge on any atom is 0.0249 e. The monoisotopic (exact) mass is 388 g/mol. The van der Waals surface area contributed by atoms with Crippen molar-refractivity contribution < 1.29 is 0 Å². The van der Waals surface area contributed by atoms with E-state index in [2.05, 4.69) is 61.8 Å². The number of rotatable bonds is 9. The van der Waals surface area contributed by atoms with Crippen LogP contribution in [-0.2, 0) is 6.42 Å². The molecule has 0 unspecified atom stereocenters. The van der Waals surface area contributed by atoms with Gasteiger partial charge in [0.05, 0.1) is 0 Å². The van der Waals surface area contributed by atoms with Crippen LogP contribution in [0.2, 0.25) is 0 Å². The van der Waals surface area contributed by atoms with E-state index in [1.165, 1.54) is 89.0 Å². The summed E-state index contributed by atoms with van der Waals surface area (Å²) in [6.07, 6.45) is 21.2. The lowest BCUT2D eigenvalue weighted by Crippen LogP contribution is -2.13. The maximum atomic E-state index is 3.44. The van der Waals surface area contributed by atoms with Crippen LogP contribution in [0.5, 0.6) is 0 Å². The maximum absolute atomic E-state index is 3.44. The standard InChI is InChI=1S/C29H40/c1-3-5-7-11-15-27-22-24-29(25-23-27)17-13-9-8-12-16-28-20-18-26(19-21-28)14-10-6-4-2/h8-9,22-26,28H,3-7,10-11,14-15,18-21H2,1-2H3/b9-8+. The summed E-state index contributed by atoms with van der Waals surface area (Å²) in [4.78, 5) is 0. The first-order chi connectivity index (χ1) is 14.3. The molecule has 0 aromatic heterocycles. The Kier molecular flexibility index (Phi) is 12.1. The largest absolute Gasteiger partial charge is 0.0951 e. The fraction of sp³-hybridized carbons (Fsp3) is 0.586. The topological polar surface area (TPSA) is 0 Å². The van der Waals surface area contributed by atoms with E-state index < -0.39 is 0 Å². The number of hydrogen-bond acceptors (Lipinski definition) is 0. The zero-order valence-electron chi connectivity index (χ0n) is 18.8. The van der Waals surface area contributed by atoms with Gasteiger partial charge in [0.25, 0.3) is 0 Å². The van der Waals surface area contributed by atoms with Gasteiger partial charge in [0, 0.05) is 11.5 Å². The van der Waals surface area contributed by atoms with E-state index in [1.54, 1.807) is 0 Å². The normalized spacial score (nSPS) is 18.7. The van der Waals surface area contributed by atoms with Crippen molar-refractivity contribution in [2.24, 2.45) is 11.8 Å². The number of aryl methyl sites for hydroxylation is 1. The Morgan fingerprint density at radius 3 is 2.21 bits per heavy atom. The Morgan fingerprint density at radius 2 is 1.48 bits per heavy atom. The Hall–Kier alpha value is -1.92. The molecule has 0 atom stereocenters. The molecule has 0 nitrogen and oxygen atoms in total. The molecule has 0 saturated heterocycles. The number of benzene rings is 1. The summed E-state index contributed by atoms with van der Waals surface area (Å²) in [5, 5.41) is 0. The van der Waals surface area contributed by atoms with E-state index in [0.29, 0.717) is 5.92 Å². The van der Waals surface area contributed by atoms with Gasteiger partial charge in [0.2, 0.25) is 0 Å². The van der Waals surface area contributed by atoms with Gasteiger partial charge in [-0.25, -0.2) is 0 Å². The Balaban J connectivity index is 1.67. The number of allylic oxidation sites excluding steroid dienone is 2. The van der Waals surface area contributed by atoms with E-state index >= 15 is 0 Å². The minimum absolute atomic E-state index is 0.597. The summed E-state index contributed by atoms with van der Waals surface area (Å²) in [6, 6.07) is 8.72. The molecule has 0 bridgehead atoms. The first-order valence-electron chi connectivity index (χ1n) is 12.1. The summed E-state index contributed by atoms with van der Waals surface area (Å²) in [7, 11) is 0. The van der Waals surface area contributed by atoms with Gasteiger partial charge < -0.3 is 0 Å². The molecule has 0 radical (unpaired) electrons. The quantitative estimate of drug-likeness (QED) is 0.296. The number of unbranched alkanes of at least 4 members (excludes halogenated alkanes) is 5. The second kappa shape index (κ2) is 15.0. The van der Waals surface area contributed by atoms with Crippen LogP contribution in [0.3, 0.4) is 0 Å². The van der Waals surface area contributed by atoms with Crippen molar-refractivity contribution in [2.75, 3.05) is 0 Å². The first-order valence-corrected chi connectivity index (χ1v) is 12.1. The predicted octanol–water partition coefficient (Wildman–Crippen LogP) is 8.11. The summed E-state index contributed by atoms with van der Waals surface area (Å²) >= 11 is 0. The van der Waals surface area contributed by atoms with Crippen molar-refractivity contribution in [1.82, 2.24) is 0 Å². The van der Waals surface area contributed by atoms with Gasteiger partial charge >= 0.3 is 0 Å². The zero-order valence-corrected chi connectivity index (χ0v) is 18.8. The van der Waals surface area contributed by atoms with Crippen LogP contribution in [0.25, 0.3) is 0 Å². The molecule has 0 aliphatic heterocycles. The van der Waals surface area contributed by atoms with Gasteiger partial charge in [0.1, 0.15) is 0 Å². The van der Waals surface area contributed by atoms with Crippen molar-refractivity contribution in [3.63, 3.8) is 0 Å². The van der Waals surface area contributed by atoms with Gasteiger partial charge in [-0.1, -0.05) is 94.6 Å². The van der Waals surface area contributed by atoms with Gasteiger partial charge in [-0.15, -0.1) is 0 Å². The number of hydrogen-bond donors (Lipinski definition) is 0. The van der Waals surface area contributed by atoms with Crippen LogP contribution < -0.4 is 0 Å². The lowest BCUT2D eigenvalue weighted by Gasteiger charge is -2.25. The van der Waals surface area contributed by atoms with Gasteiger partial charge in [0.15, 0.2) is 0 Å². The smallest absolute Gasteiger partial charge is 0.0249 e. The average molecular weight is 389 g/mol. The second-order valence-corrected chi connectivity index (χ2v) is 8.61. The lowest BCUT2D eigenvalue weighted by atomic mass is 9.80. The van der Waals surface area contributed by atoms with Gasteiger partial charge in [-0.3, -0.25) is 0 Å². The molecular formula is C29H40. The third kappa shape index (κ3) is 10.4. The van der Waals surface area contributed by atoms with Crippen LogP contribution >= 0.6 is 0 Å². The molecule has 1 aliphatic carbocycles. The molecule has 1 saturated carbocycles. The minimum atomic E-state index is 0.597. The van der Waals surface area contributed by atoms with E-state index in [1.807, 2.05) is 12.2 Å². The van der Waals surface area contributed by atoms with E-state index in [-0.39, 0.29) is 0 Å². The Labute approximate surface area is 180 Å². The summed E-state index contributed by atoms with van der Waals surface area (Å²) in [5.74, 6) is 14.6. The van der Waals surface area contributed by atoms with Crippen LogP contribution in [0.1, 0.15) is 102 Å². The highest BCUT2D eigenvalue weighted by Gasteiger charge is 2.19. The fourth-order valence-corrected chi connectivity index (χ4v) is 4.16. The van der Waals surface area contributed by atoms with Crippen molar-refractivity contribution in [1.29, 1.82) is 0 Å². The SMILES string of the molecule is CCCCCCc1ccc(C#C/C=C/C#CC2CCC(CCCCC)CC2)cc1. The molecule has 0 heteroatoms. The Morgan fingerprint density at radius 1 is 0.793 bits per heavy atom. The molecule has 0 spiro atoms. The van der Waals surface area contributed by atoms with Gasteiger partial charge in [-0.05, 0) is 74.3 Å². The Bertz CT molecular complexity index is 690. The minimum Gasteiger partial charge on any atom is -0.0951 e. The highest BCUT2D eigenvalue weighted by Crippen LogP contribution is 2.31. The second-order valence-electron chi connectivity index (χ2n) is 8.61. The van der Waals surface area contributed by atoms with Crippen LogP contribution in [0, 0.1) is 35.5 Å². The zero-order chi connectivity index (χ0) is 20.6. The van der Waals surface area contributed by atoms with E-state index in [4.69, 9.17) is 0 Å².